The fourth-order valence-electron chi connectivity index (χ4n) is 2.76. The molecule has 5 nitrogen and oxygen atoms in total. The van der Waals surface area contributed by atoms with E-state index < -0.39 is 5.63 Å². The lowest BCUT2D eigenvalue weighted by Gasteiger charge is -2.09. The fraction of sp³-hybridized carbons (Fsp3) is 0.273. The van der Waals surface area contributed by atoms with Gasteiger partial charge in [0.25, 0.3) is 0 Å². The molecule has 27 heavy (non-hydrogen) atoms. The Bertz CT molecular complexity index is 989. The Morgan fingerprint density at radius 3 is 2.56 bits per heavy atom. The van der Waals surface area contributed by atoms with Crippen LogP contribution in [0.25, 0.3) is 11.0 Å². The van der Waals surface area contributed by atoms with E-state index >= 15 is 0 Å². The summed E-state index contributed by atoms with van der Waals surface area (Å²) in [6.07, 6.45) is 0.814. The Morgan fingerprint density at radius 2 is 1.78 bits per heavy atom. The molecule has 5 heteroatoms. The SMILES string of the molecule is Cc1cc2oc(=O)cc(COC(=O)CCCOc3ccccc3)c2cc1C. The average molecular weight is 366 g/mol. The second kappa shape index (κ2) is 8.54. The van der Waals surface area contributed by atoms with Crippen molar-refractivity contribution in [3.63, 3.8) is 0 Å². The number of carbonyl (C=O) groups is 1. The quantitative estimate of drug-likeness (QED) is 0.354. The zero-order valence-corrected chi connectivity index (χ0v) is 15.5. The van der Waals surface area contributed by atoms with Gasteiger partial charge < -0.3 is 13.9 Å². The number of esters is 1. The molecule has 0 fully saturated rings. The highest BCUT2D eigenvalue weighted by Gasteiger charge is 2.10. The van der Waals surface area contributed by atoms with E-state index in [0.29, 0.717) is 24.2 Å². The van der Waals surface area contributed by atoms with Crippen molar-refractivity contribution in [2.75, 3.05) is 6.61 Å². The summed E-state index contributed by atoms with van der Waals surface area (Å²) in [6.45, 7) is 4.43. The van der Waals surface area contributed by atoms with Crippen LogP contribution in [0.15, 0.2) is 57.7 Å². The summed E-state index contributed by atoms with van der Waals surface area (Å²) < 4.78 is 16.1. The molecule has 0 atom stereocenters. The highest BCUT2D eigenvalue weighted by molar-refractivity contribution is 5.82. The summed E-state index contributed by atoms with van der Waals surface area (Å²) in [5.41, 5.74) is 2.83. The molecule has 0 amide bonds. The van der Waals surface area contributed by atoms with Crippen LogP contribution in [0.1, 0.15) is 29.5 Å². The number of carbonyl (C=O) groups excluding carboxylic acids is 1. The van der Waals surface area contributed by atoms with Gasteiger partial charge in [0.05, 0.1) is 6.61 Å². The number of hydrogen-bond acceptors (Lipinski definition) is 5. The molecule has 0 aliphatic heterocycles. The van der Waals surface area contributed by atoms with Gasteiger partial charge in [0.1, 0.15) is 17.9 Å². The summed E-state index contributed by atoms with van der Waals surface area (Å²) in [6, 6.07) is 14.6. The highest BCUT2D eigenvalue weighted by atomic mass is 16.5. The molecule has 0 radical (unpaired) electrons. The van der Waals surface area contributed by atoms with E-state index in [1.54, 1.807) is 0 Å². The minimum atomic E-state index is -0.451. The number of fused-ring (bicyclic) bond motifs is 1. The van der Waals surface area contributed by atoms with Gasteiger partial charge in [-0.3, -0.25) is 4.79 Å². The lowest BCUT2D eigenvalue weighted by atomic mass is 10.0. The Labute approximate surface area is 157 Å². The van der Waals surface area contributed by atoms with Crippen LogP contribution in [0, 0.1) is 13.8 Å². The molecule has 0 saturated heterocycles. The molecule has 1 aromatic heterocycles. The first-order valence-electron chi connectivity index (χ1n) is 8.90. The molecule has 3 aromatic rings. The lowest BCUT2D eigenvalue weighted by Crippen LogP contribution is -2.09. The van der Waals surface area contributed by atoms with Crippen LogP contribution in [0.4, 0.5) is 0 Å². The van der Waals surface area contributed by atoms with Crippen molar-refractivity contribution in [1.82, 2.24) is 0 Å². The predicted molar refractivity (Wildman–Crippen MR) is 103 cm³/mol. The van der Waals surface area contributed by atoms with Gasteiger partial charge in [-0.15, -0.1) is 0 Å². The van der Waals surface area contributed by atoms with Crippen LogP contribution in [0.3, 0.4) is 0 Å². The van der Waals surface area contributed by atoms with Crippen LogP contribution >= 0.6 is 0 Å². The maximum Gasteiger partial charge on any atom is 0.336 e. The van der Waals surface area contributed by atoms with Crippen molar-refractivity contribution >= 4 is 16.9 Å². The maximum absolute atomic E-state index is 12.0. The van der Waals surface area contributed by atoms with Crippen LogP contribution in [-0.4, -0.2) is 12.6 Å². The van der Waals surface area contributed by atoms with Gasteiger partial charge in [-0.05, 0) is 55.7 Å². The molecule has 0 saturated carbocycles. The maximum atomic E-state index is 12.0. The van der Waals surface area contributed by atoms with E-state index in [1.165, 1.54) is 6.07 Å². The lowest BCUT2D eigenvalue weighted by molar-refractivity contribution is -0.145. The van der Waals surface area contributed by atoms with Crippen molar-refractivity contribution in [3.8, 4) is 5.75 Å². The summed E-state index contributed by atoms with van der Waals surface area (Å²) in [5, 5.41) is 0.790. The molecule has 140 valence electrons. The third-order valence-electron chi connectivity index (χ3n) is 4.37. The zero-order valence-electron chi connectivity index (χ0n) is 15.5. The molecular formula is C22H22O5. The topological polar surface area (TPSA) is 65.7 Å². The van der Waals surface area contributed by atoms with Gasteiger partial charge in [0.15, 0.2) is 0 Å². The number of para-hydroxylation sites is 1. The normalized spacial score (nSPS) is 10.7. The van der Waals surface area contributed by atoms with Gasteiger partial charge in [-0.1, -0.05) is 18.2 Å². The molecule has 3 rings (SSSR count). The van der Waals surface area contributed by atoms with Gasteiger partial charge in [0.2, 0.25) is 0 Å². The highest BCUT2D eigenvalue weighted by Crippen LogP contribution is 2.22. The molecule has 0 aliphatic rings. The second-order valence-electron chi connectivity index (χ2n) is 6.45. The molecular weight excluding hydrogens is 344 g/mol. The third-order valence-corrected chi connectivity index (χ3v) is 4.37. The van der Waals surface area contributed by atoms with E-state index in [1.807, 2.05) is 56.3 Å². The van der Waals surface area contributed by atoms with Gasteiger partial charge >= 0.3 is 11.6 Å². The predicted octanol–water partition coefficient (Wildman–Crippen LogP) is 4.31. The standard InChI is InChI=1S/C22H22O5/c1-15-11-19-17(13-22(24)27-20(19)12-16(15)2)14-26-21(23)9-6-10-25-18-7-4-3-5-8-18/h3-5,7-8,11-13H,6,9-10,14H2,1-2H3. The van der Waals surface area contributed by atoms with E-state index in [4.69, 9.17) is 13.9 Å². The largest absolute Gasteiger partial charge is 0.494 e. The molecule has 0 N–H and O–H groups in total. The van der Waals surface area contributed by atoms with Gasteiger partial charge in [-0.2, -0.15) is 0 Å². The molecule has 2 aromatic carbocycles. The van der Waals surface area contributed by atoms with E-state index in [2.05, 4.69) is 0 Å². The number of rotatable bonds is 7. The summed E-state index contributed by atoms with van der Waals surface area (Å²) in [7, 11) is 0. The van der Waals surface area contributed by atoms with Crippen molar-refractivity contribution in [2.45, 2.75) is 33.3 Å². The third kappa shape index (κ3) is 4.97. The molecule has 0 unspecified atom stereocenters. The van der Waals surface area contributed by atoms with E-state index in [9.17, 15) is 9.59 Å². The number of benzene rings is 2. The number of hydrogen-bond donors (Lipinski definition) is 0. The first-order chi connectivity index (χ1) is 13.0. The first-order valence-corrected chi connectivity index (χ1v) is 8.90. The van der Waals surface area contributed by atoms with Crippen molar-refractivity contribution in [2.24, 2.45) is 0 Å². The number of ether oxygens (including phenoxy) is 2. The number of aryl methyl sites for hydroxylation is 2. The monoisotopic (exact) mass is 366 g/mol. The summed E-state index contributed by atoms with van der Waals surface area (Å²) >= 11 is 0. The van der Waals surface area contributed by atoms with E-state index in [0.717, 1.165) is 22.3 Å². The summed E-state index contributed by atoms with van der Waals surface area (Å²) in [5.74, 6) is 0.455. The first kappa shape index (κ1) is 18.7. The smallest absolute Gasteiger partial charge is 0.336 e. The van der Waals surface area contributed by atoms with Crippen LogP contribution < -0.4 is 10.4 Å². The summed E-state index contributed by atoms with van der Waals surface area (Å²) in [4.78, 5) is 23.8. The van der Waals surface area contributed by atoms with Crippen LogP contribution in [0.2, 0.25) is 0 Å². The molecule has 0 aliphatic carbocycles. The van der Waals surface area contributed by atoms with Crippen molar-refractivity contribution < 1.29 is 18.7 Å². The fourth-order valence-corrected chi connectivity index (χ4v) is 2.76. The Kier molecular flexibility index (Phi) is 5.91. The van der Waals surface area contributed by atoms with Crippen molar-refractivity contribution in [3.05, 3.63) is 75.6 Å². The van der Waals surface area contributed by atoms with Crippen LogP contribution in [0.5, 0.6) is 5.75 Å². The zero-order chi connectivity index (χ0) is 19.2. The molecule has 0 spiro atoms. The Morgan fingerprint density at radius 1 is 1.04 bits per heavy atom. The van der Waals surface area contributed by atoms with Crippen LogP contribution in [-0.2, 0) is 16.1 Å². The Balaban J connectivity index is 1.55. The second-order valence-corrected chi connectivity index (χ2v) is 6.45. The van der Waals surface area contributed by atoms with E-state index in [-0.39, 0.29) is 19.0 Å². The average Bonchev–Trinajstić information content (AvgIpc) is 2.65. The van der Waals surface area contributed by atoms with Crippen molar-refractivity contribution in [1.29, 1.82) is 0 Å². The molecule has 0 bridgehead atoms. The molecule has 1 heterocycles. The minimum absolute atomic E-state index is 0.0446. The minimum Gasteiger partial charge on any atom is -0.494 e. The van der Waals surface area contributed by atoms with Gasteiger partial charge in [-0.25, -0.2) is 4.79 Å². The van der Waals surface area contributed by atoms with Gasteiger partial charge in [0, 0.05) is 23.4 Å². The Hall–Kier alpha value is -3.08.